The highest BCUT2D eigenvalue weighted by Gasteiger charge is 2.22. The lowest BCUT2D eigenvalue weighted by molar-refractivity contribution is -0.137. The van der Waals surface area contributed by atoms with Crippen LogP contribution in [0.2, 0.25) is 5.02 Å². The van der Waals surface area contributed by atoms with Crippen LogP contribution < -0.4 is 0 Å². The van der Waals surface area contributed by atoms with Crippen molar-refractivity contribution >= 4 is 29.5 Å². The molecule has 20 heavy (non-hydrogen) atoms. The van der Waals surface area contributed by atoms with Gasteiger partial charge in [-0.05, 0) is 31.9 Å². The summed E-state index contributed by atoms with van der Waals surface area (Å²) in [4.78, 5) is 16.2. The largest absolute Gasteiger partial charge is 0.506 e. The molecule has 0 aliphatic heterocycles. The first-order chi connectivity index (χ1) is 9.63. The van der Waals surface area contributed by atoms with Gasteiger partial charge in [-0.15, -0.1) is 0 Å². The Bertz CT molecular complexity index is 562. The molecule has 5 heteroatoms. The minimum absolute atomic E-state index is 0.0341. The van der Waals surface area contributed by atoms with Crippen molar-refractivity contribution in [1.82, 2.24) is 0 Å². The van der Waals surface area contributed by atoms with E-state index in [9.17, 15) is 9.90 Å². The summed E-state index contributed by atoms with van der Waals surface area (Å²) >= 11 is 6.03. The average molecular weight is 294 g/mol. The second kappa shape index (κ2) is 6.57. The number of aliphatic hydroxyl groups excluding tert-OH is 1. The number of aliphatic hydroxyl groups is 1. The van der Waals surface area contributed by atoms with E-state index < -0.39 is 5.97 Å². The topological polar surface area (TPSA) is 58.9 Å². The lowest BCUT2D eigenvalue weighted by Gasteiger charge is -2.08. The standard InChI is InChI=1S/C15H16ClNO3/c1-2-20-15(19)12(9-17-10-7-8-10)14(18)11-5-3-4-6-13(11)16/h3-6,9-10,18H,2,7-8H2,1H3. The van der Waals surface area contributed by atoms with E-state index in [1.807, 2.05) is 0 Å². The number of hydrogen-bond acceptors (Lipinski definition) is 4. The molecule has 1 N–H and O–H groups in total. The SMILES string of the molecule is CCOC(=O)C(C=NC1CC1)=C(O)c1ccccc1Cl. The Morgan fingerprint density at radius 1 is 1.50 bits per heavy atom. The summed E-state index contributed by atoms with van der Waals surface area (Å²) in [6, 6.07) is 7.02. The van der Waals surface area contributed by atoms with Gasteiger partial charge >= 0.3 is 5.97 Å². The smallest absolute Gasteiger partial charge is 0.343 e. The maximum atomic E-state index is 11.9. The van der Waals surface area contributed by atoms with Crippen molar-refractivity contribution in [1.29, 1.82) is 0 Å². The van der Waals surface area contributed by atoms with Gasteiger partial charge in [0.15, 0.2) is 0 Å². The molecule has 1 aliphatic carbocycles. The molecular formula is C15H16ClNO3. The fourth-order valence-electron chi connectivity index (χ4n) is 1.62. The molecule has 0 bridgehead atoms. The highest BCUT2D eigenvalue weighted by Crippen LogP contribution is 2.26. The van der Waals surface area contributed by atoms with Crippen molar-refractivity contribution in [3.63, 3.8) is 0 Å². The number of esters is 1. The molecule has 0 amide bonds. The van der Waals surface area contributed by atoms with Gasteiger partial charge in [-0.3, -0.25) is 4.99 Å². The van der Waals surface area contributed by atoms with E-state index in [4.69, 9.17) is 16.3 Å². The first-order valence-corrected chi connectivity index (χ1v) is 6.89. The Morgan fingerprint density at radius 2 is 2.20 bits per heavy atom. The molecule has 0 spiro atoms. The highest BCUT2D eigenvalue weighted by atomic mass is 35.5. The van der Waals surface area contributed by atoms with Gasteiger partial charge in [0.2, 0.25) is 0 Å². The number of halogens is 1. The summed E-state index contributed by atoms with van der Waals surface area (Å²) < 4.78 is 4.95. The molecule has 0 atom stereocenters. The number of nitrogens with zero attached hydrogens (tertiary/aromatic N) is 1. The third-order valence-corrected chi connectivity index (χ3v) is 3.17. The first kappa shape index (κ1) is 14.6. The number of benzene rings is 1. The van der Waals surface area contributed by atoms with Gasteiger partial charge in [0.05, 0.1) is 17.7 Å². The lowest BCUT2D eigenvalue weighted by Crippen LogP contribution is -2.11. The quantitative estimate of drug-likeness (QED) is 0.392. The van der Waals surface area contributed by atoms with E-state index in [1.54, 1.807) is 31.2 Å². The van der Waals surface area contributed by atoms with Gasteiger partial charge in [0.1, 0.15) is 11.3 Å². The molecule has 0 heterocycles. The third kappa shape index (κ3) is 3.61. The molecule has 0 saturated heterocycles. The Kier molecular flexibility index (Phi) is 4.79. The maximum Gasteiger partial charge on any atom is 0.343 e. The Hall–Kier alpha value is -1.81. The highest BCUT2D eigenvalue weighted by molar-refractivity contribution is 6.32. The minimum atomic E-state index is -0.602. The summed E-state index contributed by atoms with van der Waals surface area (Å²) in [5.41, 5.74) is 0.423. The molecule has 1 saturated carbocycles. The van der Waals surface area contributed by atoms with Crippen molar-refractivity contribution in [3.8, 4) is 0 Å². The summed E-state index contributed by atoms with van der Waals surface area (Å²) in [5, 5.41) is 10.7. The molecular weight excluding hydrogens is 278 g/mol. The summed E-state index contributed by atoms with van der Waals surface area (Å²) in [7, 11) is 0. The molecule has 4 nitrogen and oxygen atoms in total. The second-order valence-electron chi connectivity index (χ2n) is 4.47. The Morgan fingerprint density at radius 3 is 2.80 bits per heavy atom. The second-order valence-corrected chi connectivity index (χ2v) is 4.88. The molecule has 1 fully saturated rings. The van der Waals surface area contributed by atoms with E-state index in [1.165, 1.54) is 6.21 Å². The maximum absolute atomic E-state index is 11.9. The van der Waals surface area contributed by atoms with Gasteiger partial charge < -0.3 is 9.84 Å². The van der Waals surface area contributed by atoms with Crippen LogP contribution in [0.3, 0.4) is 0 Å². The van der Waals surface area contributed by atoms with Gasteiger partial charge in [0, 0.05) is 11.8 Å². The van der Waals surface area contributed by atoms with Crippen LogP contribution in [0.25, 0.3) is 5.76 Å². The zero-order chi connectivity index (χ0) is 14.5. The van der Waals surface area contributed by atoms with Crippen LogP contribution in [0.15, 0.2) is 34.8 Å². The molecule has 1 aromatic rings. The summed E-state index contributed by atoms with van der Waals surface area (Å²) in [5.74, 6) is -0.812. The summed E-state index contributed by atoms with van der Waals surface area (Å²) in [6.07, 6.45) is 3.41. The monoisotopic (exact) mass is 293 g/mol. The third-order valence-electron chi connectivity index (χ3n) is 2.84. The molecule has 0 radical (unpaired) electrons. The number of hydrogen-bond donors (Lipinski definition) is 1. The van der Waals surface area contributed by atoms with Crippen molar-refractivity contribution in [2.24, 2.45) is 4.99 Å². The van der Waals surface area contributed by atoms with Gasteiger partial charge in [-0.2, -0.15) is 0 Å². The van der Waals surface area contributed by atoms with Crippen molar-refractivity contribution < 1.29 is 14.6 Å². The minimum Gasteiger partial charge on any atom is -0.506 e. The number of aliphatic imine (C=N–C) groups is 1. The molecule has 1 aliphatic rings. The van der Waals surface area contributed by atoms with E-state index in [0.29, 0.717) is 10.6 Å². The van der Waals surface area contributed by atoms with E-state index in [2.05, 4.69) is 4.99 Å². The van der Waals surface area contributed by atoms with Crippen LogP contribution >= 0.6 is 11.6 Å². The fourth-order valence-corrected chi connectivity index (χ4v) is 1.85. The predicted octanol–water partition coefficient (Wildman–Crippen LogP) is 3.41. The van der Waals surface area contributed by atoms with Crippen LogP contribution in [0.4, 0.5) is 0 Å². The number of carbonyl (C=O) groups excluding carboxylic acids is 1. The molecule has 106 valence electrons. The molecule has 0 unspecified atom stereocenters. The van der Waals surface area contributed by atoms with Crippen LogP contribution in [0, 0.1) is 0 Å². The first-order valence-electron chi connectivity index (χ1n) is 6.52. The number of rotatable bonds is 5. The number of ether oxygens (including phenoxy) is 1. The van der Waals surface area contributed by atoms with Crippen LogP contribution in [0.5, 0.6) is 0 Å². The Labute approximate surface area is 122 Å². The predicted molar refractivity (Wildman–Crippen MR) is 79.1 cm³/mol. The average Bonchev–Trinajstić information content (AvgIpc) is 3.23. The zero-order valence-electron chi connectivity index (χ0n) is 11.2. The van der Waals surface area contributed by atoms with E-state index in [0.717, 1.165) is 12.8 Å². The van der Waals surface area contributed by atoms with Crippen molar-refractivity contribution in [2.45, 2.75) is 25.8 Å². The normalized spacial score (nSPS) is 16.1. The van der Waals surface area contributed by atoms with Crippen LogP contribution in [-0.2, 0) is 9.53 Å². The number of carbonyl (C=O) groups is 1. The van der Waals surface area contributed by atoms with E-state index in [-0.39, 0.29) is 24.0 Å². The molecule has 0 aromatic heterocycles. The van der Waals surface area contributed by atoms with Crippen molar-refractivity contribution in [2.75, 3.05) is 6.61 Å². The summed E-state index contributed by atoms with van der Waals surface area (Å²) in [6.45, 7) is 1.94. The zero-order valence-corrected chi connectivity index (χ0v) is 11.9. The van der Waals surface area contributed by atoms with E-state index >= 15 is 0 Å². The van der Waals surface area contributed by atoms with Crippen LogP contribution in [0.1, 0.15) is 25.3 Å². The van der Waals surface area contributed by atoms with Crippen molar-refractivity contribution in [3.05, 3.63) is 40.4 Å². The molecule has 2 rings (SSSR count). The fraction of sp³-hybridized carbons (Fsp3) is 0.333. The van der Waals surface area contributed by atoms with Crippen LogP contribution in [-0.4, -0.2) is 29.9 Å². The lowest BCUT2D eigenvalue weighted by atomic mass is 10.1. The van der Waals surface area contributed by atoms with Gasteiger partial charge in [-0.1, -0.05) is 23.7 Å². The molecule has 1 aromatic carbocycles. The van der Waals surface area contributed by atoms with Gasteiger partial charge in [-0.25, -0.2) is 4.79 Å². The van der Waals surface area contributed by atoms with Gasteiger partial charge in [0.25, 0.3) is 0 Å². The Balaban J connectivity index is 2.38.